The molecular formula is C20H27ClN4O2S+2. The lowest BCUT2D eigenvalue weighted by Crippen LogP contribution is -3.28. The van der Waals surface area contributed by atoms with E-state index in [-0.39, 0.29) is 11.8 Å². The molecule has 0 saturated carbocycles. The third-order valence-electron chi connectivity index (χ3n) is 4.95. The van der Waals surface area contributed by atoms with Gasteiger partial charge in [-0.2, -0.15) is 0 Å². The van der Waals surface area contributed by atoms with Crippen molar-refractivity contribution in [1.82, 2.24) is 4.90 Å². The molecule has 0 unspecified atom stereocenters. The van der Waals surface area contributed by atoms with Gasteiger partial charge in [0.05, 0.1) is 9.21 Å². The summed E-state index contributed by atoms with van der Waals surface area (Å²) in [6.07, 6.45) is 0. The van der Waals surface area contributed by atoms with E-state index in [2.05, 4.69) is 11.4 Å². The number of anilines is 1. The SMILES string of the molecule is CN(C)C(=O)c1ccc(NC(=O)C[NH+]2CC[NH+](Cc3ccc(Cl)s3)CC2)cc1. The average Bonchev–Trinajstić information content (AvgIpc) is 3.08. The van der Waals surface area contributed by atoms with E-state index in [1.807, 2.05) is 6.07 Å². The van der Waals surface area contributed by atoms with Gasteiger partial charge in [-0.3, -0.25) is 9.59 Å². The maximum absolute atomic E-state index is 12.4. The summed E-state index contributed by atoms with van der Waals surface area (Å²) in [5.74, 6) is -0.0392. The van der Waals surface area contributed by atoms with Crippen LogP contribution in [0.2, 0.25) is 4.34 Å². The Bertz CT molecular complexity index is 814. The first kappa shape index (κ1) is 20.8. The summed E-state index contributed by atoms with van der Waals surface area (Å²) in [6, 6.07) is 11.1. The molecule has 1 aliphatic heterocycles. The number of halogens is 1. The Kier molecular flexibility index (Phi) is 7.07. The lowest BCUT2D eigenvalue weighted by atomic mass is 10.2. The summed E-state index contributed by atoms with van der Waals surface area (Å²) in [6.45, 7) is 5.56. The van der Waals surface area contributed by atoms with Crippen molar-refractivity contribution < 1.29 is 19.4 Å². The normalized spacial score (nSPS) is 19.2. The molecule has 150 valence electrons. The van der Waals surface area contributed by atoms with Crippen LogP contribution in [0.4, 0.5) is 5.69 Å². The lowest BCUT2D eigenvalue weighted by Gasteiger charge is -2.29. The number of nitrogens with one attached hydrogen (secondary N) is 3. The molecule has 2 aromatic rings. The maximum atomic E-state index is 12.4. The Morgan fingerprint density at radius 1 is 1.04 bits per heavy atom. The molecule has 6 nitrogen and oxygen atoms in total. The van der Waals surface area contributed by atoms with Crippen LogP contribution in [0.15, 0.2) is 36.4 Å². The topological polar surface area (TPSA) is 58.3 Å². The van der Waals surface area contributed by atoms with Crippen molar-refractivity contribution in [2.75, 3.05) is 52.1 Å². The van der Waals surface area contributed by atoms with Crippen molar-refractivity contribution in [3.05, 3.63) is 51.2 Å². The van der Waals surface area contributed by atoms with Crippen molar-refractivity contribution in [1.29, 1.82) is 0 Å². The number of thiophene rings is 1. The molecule has 0 aliphatic carbocycles. The van der Waals surface area contributed by atoms with Crippen LogP contribution in [0.25, 0.3) is 0 Å². The molecule has 1 aromatic carbocycles. The summed E-state index contributed by atoms with van der Waals surface area (Å²) in [5, 5.41) is 2.93. The van der Waals surface area contributed by atoms with Crippen molar-refractivity contribution in [3.8, 4) is 0 Å². The van der Waals surface area contributed by atoms with Gasteiger partial charge in [-0.05, 0) is 36.4 Å². The van der Waals surface area contributed by atoms with E-state index in [0.717, 1.165) is 42.7 Å². The van der Waals surface area contributed by atoms with Gasteiger partial charge in [0, 0.05) is 25.3 Å². The molecule has 3 N–H and O–H groups in total. The molecule has 2 heterocycles. The second-order valence-electron chi connectivity index (χ2n) is 7.38. The lowest BCUT2D eigenvalue weighted by molar-refractivity contribution is -1.01. The summed E-state index contributed by atoms with van der Waals surface area (Å²) < 4.78 is 0.842. The summed E-state index contributed by atoms with van der Waals surface area (Å²) in [4.78, 5) is 30.0. The Labute approximate surface area is 174 Å². The van der Waals surface area contributed by atoms with E-state index >= 15 is 0 Å². The zero-order chi connectivity index (χ0) is 20.1. The van der Waals surface area contributed by atoms with Crippen LogP contribution in [0.5, 0.6) is 0 Å². The van der Waals surface area contributed by atoms with Crippen molar-refractivity contribution in [2.24, 2.45) is 0 Å². The Balaban J connectivity index is 1.42. The van der Waals surface area contributed by atoms with Gasteiger partial charge in [0.2, 0.25) is 0 Å². The first-order valence-electron chi connectivity index (χ1n) is 9.43. The van der Waals surface area contributed by atoms with Crippen molar-refractivity contribution in [2.45, 2.75) is 6.54 Å². The van der Waals surface area contributed by atoms with Crippen LogP contribution < -0.4 is 15.1 Å². The van der Waals surface area contributed by atoms with Crippen LogP contribution in [0.1, 0.15) is 15.2 Å². The van der Waals surface area contributed by atoms with Gasteiger partial charge in [0.1, 0.15) is 32.7 Å². The fourth-order valence-corrected chi connectivity index (χ4v) is 4.55. The number of piperazine rings is 1. The number of rotatable bonds is 6. The third kappa shape index (κ3) is 5.78. The number of carbonyl (C=O) groups is 2. The molecule has 1 aliphatic rings. The van der Waals surface area contributed by atoms with Gasteiger partial charge in [-0.1, -0.05) is 11.6 Å². The van der Waals surface area contributed by atoms with E-state index in [0.29, 0.717) is 12.1 Å². The van der Waals surface area contributed by atoms with Gasteiger partial charge in [0.25, 0.3) is 11.8 Å². The van der Waals surface area contributed by atoms with E-state index in [1.165, 1.54) is 14.7 Å². The second-order valence-corrected chi connectivity index (χ2v) is 9.18. The number of nitrogens with zero attached hydrogens (tertiary/aromatic N) is 1. The van der Waals surface area contributed by atoms with Crippen LogP contribution in [0, 0.1) is 0 Å². The predicted octanol–water partition coefficient (Wildman–Crippen LogP) is 0.0254. The fourth-order valence-electron chi connectivity index (χ4n) is 3.39. The van der Waals surface area contributed by atoms with Gasteiger partial charge in [0.15, 0.2) is 6.54 Å². The number of hydrogen-bond acceptors (Lipinski definition) is 3. The molecule has 2 amide bonds. The zero-order valence-corrected chi connectivity index (χ0v) is 17.8. The van der Waals surface area contributed by atoms with E-state index in [4.69, 9.17) is 11.6 Å². The van der Waals surface area contributed by atoms with Crippen LogP contribution in [-0.4, -0.2) is 63.5 Å². The van der Waals surface area contributed by atoms with Crippen molar-refractivity contribution in [3.63, 3.8) is 0 Å². The number of benzene rings is 1. The van der Waals surface area contributed by atoms with Gasteiger partial charge in [-0.25, -0.2) is 0 Å². The largest absolute Gasteiger partial charge is 0.345 e. The van der Waals surface area contributed by atoms with Gasteiger partial charge in [-0.15, -0.1) is 11.3 Å². The monoisotopic (exact) mass is 422 g/mol. The van der Waals surface area contributed by atoms with Crippen molar-refractivity contribution >= 4 is 40.4 Å². The smallest absolute Gasteiger partial charge is 0.279 e. The molecule has 28 heavy (non-hydrogen) atoms. The molecule has 1 fully saturated rings. The highest BCUT2D eigenvalue weighted by Gasteiger charge is 2.25. The Morgan fingerprint density at radius 2 is 1.68 bits per heavy atom. The van der Waals surface area contributed by atoms with Crippen LogP contribution in [0.3, 0.4) is 0 Å². The highest BCUT2D eigenvalue weighted by atomic mass is 35.5. The molecule has 8 heteroatoms. The summed E-state index contributed by atoms with van der Waals surface area (Å²) >= 11 is 7.65. The third-order valence-corrected chi connectivity index (χ3v) is 6.18. The summed E-state index contributed by atoms with van der Waals surface area (Å²) in [5.41, 5.74) is 1.33. The molecule has 3 rings (SSSR count). The highest BCUT2D eigenvalue weighted by molar-refractivity contribution is 7.16. The number of carbonyl (C=O) groups excluding carboxylic acids is 2. The molecule has 1 aromatic heterocycles. The molecule has 1 saturated heterocycles. The highest BCUT2D eigenvalue weighted by Crippen LogP contribution is 2.20. The van der Waals surface area contributed by atoms with E-state index in [9.17, 15) is 9.59 Å². The average molecular weight is 423 g/mol. The molecule has 0 bridgehead atoms. The fraction of sp³-hybridized carbons (Fsp3) is 0.400. The first-order chi connectivity index (χ1) is 13.4. The number of hydrogen-bond donors (Lipinski definition) is 3. The molecular weight excluding hydrogens is 396 g/mol. The number of amides is 2. The zero-order valence-electron chi connectivity index (χ0n) is 16.3. The van der Waals surface area contributed by atoms with Gasteiger partial charge < -0.3 is 20.0 Å². The summed E-state index contributed by atoms with van der Waals surface area (Å²) in [7, 11) is 3.44. The first-order valence-corrected chi connectivity index (χ1v) is 10.6. The van der Waals surface area contributed by atoms with Crippen LogP contribution >= 0.6 is 22.9 Å². The molecule has 0 spiro atoms. The molecule has 0 radical (unpaired) electrons. The molecule has 0 atom stereocenters. The van der Waals surface area contributed by atoms with Crippen LogP contribution in [-0.2, 0) is 11.3 Å². The van der Waals surface area contributed by atoms with E-state index < -0.39 is 0 Å². The predicted molar refractivity (Wildman–Crippen MR) is 112 cm³/mol. The minimum Gasteiger partial charge on any atom is -0.345 e. The quantitative estimate of drug-likeness (QED) is 0.615. The standard InChI is InChI=1S/C20H25ClN4O2S/c1-23(2)20(27)15-3-5-16(6-4-15)22-19(26)14-25-11-9-24(10-12-25)13-17-7-8-18(21)28-17/h3-8H,9-14H2,1-2H3,(H,22,26)/p+2. The minimum atomic E-state index is -0.0486. The number of quaternary nitrogens is 2. The minimum absolute atomic E-state index is 0.00942. The Hall–Kier alpha value is -1.93. The van der Waals surface area contributed by atoms with E-state index in [1.54, 1.807) is 54.6 Å². The maximum Gasteiger partial charge on any atom is 0.279 e. The Morgan fingerprint density at radius 3 is 2.25 bits per heavy atom. The second kappa shape index (κ2) is 9.52. The van der Waals surface area contributed by atoms with Gasteiger partial charge >= 0.3 is 0 Å².